The van der Waals surface area contributed by atoms with E-state index in [1.165, 1.54) is 0 Å². The standard InChI is InChI=1S/C19H27N3O2/c1-14(2)11-21(12-15(3)4)17-7-6-16(10-18(17)22(23)24)19(13-20)8-5-9-19/h6-7,10,14-15H,5,8-9,11-12H2,1-4H3. The van der Waals surface area contributed by atoms with Crippen molar-refractivity contribution in [2.75, 3.05) is 18.0 Å². The number of nitro groups is 1. The first-order valence-corrected chi connectivity index (χ1v) is 8.74. The Labute approximate surface area is 144 Å². The molecular formula is C19H27N3O2. The van der Waals surface area contributed by atoms with Gasteiger partial charge in [-0.05, 0) is 42.7 Å². The molecule has 0 spiro atoms. The smallest absolute Gasteiger partial charge is 0.292 e. The summed E-state index contributed by atoms with van der Waals surface area (Å²) in [6.45, 7) is 10.0. The van der Waals surface area contributed by atoms with Crippen LogP contribution >= 0.6 is 0 Å². The summed E-state index contributed by atoms with van der Waals surface area (Å²) in [5, 5.41) is 21.2. The van der Waals surface area contributed by atoms with Crippen LogP contribution in [0.25, 0.3) is 0 Å². The summed E-state index contributed by atoms with van der Waals surface area (Å²) in [6, 6.07) is 7.76. The average molecular weight is 329 g/mol. The molecule has 0 radical (unpaired) electrons. The lowest BCUT2D eigenvalue weighted by Gasteiger charge is -2.36. The molecule has 5 heteroatoms. The molecule has 1 aromatic rings. The van der Waals surface area contributed by atoms with Crippen LogP contribution in [0.1, 0.15) is 52.5 Å². The predicted octanol–water partition coefficient (Wildman–Crippen LogP) is 4.66. The van der Waals surface area contributed by atoms with Crippen LogP contribution in [-0.2, 0) is 5.41 Å². The molecule has 0 unspecified atom stereocenters. The lowest BCUT2D eigenvalue weighted by atomic mass is 9.65. The zero-order chi connectivity index (χ0) is 17.9. The zero-order valence-electron chi connectivity index (χ0n) is 15.1. The number of rotatable bonds is 7. The first-order valence-electron chi connectivity index (χ1n) is 8.74. The molecule has 0 aliphatic heterocycles. The van der Waals surface area contributed by atoms with E-state index in [1.807, 2.05) is 12.1 Å². The van der Waals surface area contributed by atoms with E-state index in [2.05, 4.69) is 38.7 Å². The molecular weight excluding hydrogens is 302 g/mol. The minimum absolute atomic E-state index is 0.121. The number of hydrogen-bond acceptors (Lipinski definition) is 4. The SMILES string of the molecule is CC(C)CN(CC(C)C)c1ccc(C2(C#N)CCC2)cc1[N+](=O)[O-]. The minimum atomic E-state index is -0.524. The Morgan fingerprint density at radius 2 is 1.83 bits per heavy atom. The predicted molar refractivity (Wildman–Crippen MR) is 96.1 cm³/mol. The van der Waals surface area contributed by atoms with Gasteiger partial charge in [-0.2, -0.15) is 5.26 Å². The number of hydrogen-bond donors (Lipinski definition) is 0. The van der Waals surface area contributed by atoms with Gasteiger partial charge in [-0.15, -0.1) is 0 Å². The van der Waals surface area contributed by atoms with E-state index in [0.29, 0.717) is 17.5 Å². The van der Waals surface area contributed by atoms with E-state index in [0.717, 1.165) is 37.9 Å². The number of nitro benzene ring substituents is 1. The van der Waals surface area contributed by atoms with E-state index in [1.54, 1.807) is 6.07 Å². The van der Waals surface area contributed by atoms with Crippen molar-refractivity contribution in [3.05, 3.63) is 33.9 Å². The lowest BCUT2D eigenvalue weighted by Crippen LogP contribution is -2.34. The maximum absolute atomic E-state index is 11.7. The Hall–Kier alpha value is -2.09. The molecule has 1 fully saturated rings. The van der Waals surface area contributed by atoms with E-state index in [9.17, 15) is 15.4 Å². The van der Waals surface area contributed by atoms with Gasteiger partial charge in [0.15, 0.2) is 0 Å². The second kappa shape index (κ2) is 7.21. The molecule has 1 aromatic carbocycles. The third-order valence-corrected chi connectivity index (χ3v) is 4.66. The summed E-state index contributed by atoms with van der Waals surface area (Å²) in [4.78, 5) is 13.5. The number of benzene rings is 1. The zero-order valence-corrected chi connectivity index (χ0v) is 15.1. The van der Waals surface area contributed by atoms with Crippen LogP contribution in [0.4, 0.5) is 11.4 Å². The monoisotopic (exact) mass is 329 g/mol. The highest BCUT2D eigenvalue weighted by atomic mass is 16.6. The van der Waals surface area contributed by atoms with Gasteiger partial charge in [0.25, 0.3) is 5.69 Å². The van der Waals surface area contributed by atoms with Crippen molar-refractivity contribution < 1.29 is 4.92 Å². The minimum Gasteiger partial charge on any atom is -0.365 e. The molecule has 5 nitrogen and oxygen atoms in total. The van der Waals surface area contributed by atoms with Crippen LogP contribution < -0.4 is 4.90 Å². The molecule has 1 saturated carbocycles. The van der Waals surface area contributed by atoms with Crippen molar-refractivity contribution in [3.8, 4) is 6.07 Å². The van der Waals surface area contributed by atoms with Crippen LogP contribution in [0.2, 0.25) is 0 Å². The maximum Gasteiger partial charge on any atom is 0.292 e. The summed E-state index contributed by atoms with van der Waals surface area (Å²) in [5.41, 5.74) is 1.05. The summed E-state index contributed by atoms with van der Waals surface area (Å²) >= 11 is 0. The van der Waals surface area contributed by atoms with Gasteiger partial charge in [0.1, 0.15) is 5.69 Å². The number of nitrogens with zero attached hydrogens (tertiary/aromatic N) is 3. The Morgan fingerprint density at radius 1 is 1.25 bits per heavy atom. The Bertz CT molecular complexity index is 633. The molecule has 1 aliphatic carbocycles. The van der Waals surface area contributed by atoms with Gasteiger partial charge in [-0.1, -0.05) is 33.8 Å². The maximum atomic E-state index is 11.7. The first-order chi connectivity index (χ1) is 11.3. The van der Waals surface area contributed by atoms with Crippen LogP contribution in [0.3, 0.4) is 0 Å². The highest BCUT2D eigenvalue weighted by Crippen LogP contribution is 2.45. The van der Waals surface area contributed by atoms with E-state index in [-0.39, 0.29) is 10.6 Å². The molecule has 0 saturated heterocycles. The molecule has 0 atom stereocenters. The van der Waals surface area contributed by atoms with E-state index in [4.69, 9.17) is 0 Å². The fourth-order valence-corrected chi connectivity index (χ4v) is 3.38. The van der Waals surface area contributed by atoms with Crippen LogP contribution in [0.5, 0.6) is 0 Å². The van der Waals surface area contributed by atoms with Gasteiger partial charge < -0.3 is 4.90 Å². The number of nitriles is 1. The summed E-state index contributed by atoms with van der Waals surface area (Å²) in [6.07, 6.45) is 2.60. The van der Waals surface area contributed by atoms with Crippen LogP contribution in [0.15, 0.2) is 18.2 Å². The van der Waals surface area contributed by atoms with E-state index < -0.39 is 5.41 Å². The highest BCUT2D eigenvalue weighted by Gasteiger charge is 2.40. The van der Waals surface area contributed by atoms with Crippen molar-refractivity contribution >= 4 is 11.4 Å². The van der Waals surface area contributed by atoms with Gasteiger partial charge in [-0.25, -0.2) is 0 Å². The largest absolute Gasteiger partial charge is 0.365 e. The lowest BCUT2D eigenvalue weighted by molar-refractivity contribution is -0.384. The Kier molecular flexibility index (Phi) is 5.48. The van der Waals surface area contributed by atoms with Gasteiger partial charge in [-0.3, -0.25) is 10.1 Å². The molecule has 0 N–H and O–H groups in total. The van der Waals surface area contributed by atoms with Crippen molar-refractivity contribution in [1.29, 1.82) is 5.26 Å². The highest BCUT2D eigenvalue weighted by molar-refractivity contribution is 5.65. The third-order valence-electron chi connectivity index (χ3n) is 4.66. The van der Waals surface area contributed by atoms with Crippen molar-refractivity contribution in [3.63, 3.8) is 0 Å². The second-order valence-corrected chi connectivity index (χ2v) is 7.70. The van der Waals surface area contributed by atoms with Crippen LogP contribution in [-0.4, -0.2) is 18.0 Å². The number of anilines is 1. The van der Waals surface area contributed by atoms with Gasteiger partial charge in [0.2, 0.25) is 0 Å². The first kappa shape index (κ1) is 18.3. The molecule has 0 aromatic heterocycles. The molecule has 130 valence electrons. The van der Waals surface area contributed by atoms with E-state index >= 15 is 0 Å². The van der Waals surface area contributed by atoms with Crippen molar-refractivity contribution in [2.45, 2.75) is 52.4 Å². The second-order valence-electron chi connectivity index (χ2n) is 7.70. The Balaban J connectivity index is 2.45. The molecule has 0 heterocycles. The molecule has 1 aliphatic rings. The molecule has 0 bridgehead atoms. The molecule has 2 rings (SSSR count). The van der Waals surface area contributed by atoms with Gasteiger partial charge >= 0.3 is 0 Å². The van der Waals surface area contributed by atoms with Gasteiger partial charge in [0.05, 0.1) is 16.4 Å². The third kappa shape index (κ3) is 3.69. The average Bonchev–Trinajstić information content (AvgIpc) is 2.45. The fraction of sp³-hybridized carbons (Fsp3) is 0.632. The Morgan fingerprint density at radius 3 is 2.21 bits per heavy atom. The van der Waals surface area contributed by atoms with Crippen molar-refractivity contribution in [1.82, 2.24) is 0 Å². The summed E-state index contributed by atoms with van der Waals surface area (Å²) < 4.78 is 0. The topological polar surface area (TPSA) is 70.2 Å². The molecule has 0 amide bonds. The summed E-state index contributed by atoms with van der Waals surface area (Å²) in [5.74, 6) is 0.834. The normalized spacial score (nSPS) is 15.9. The quantitative estimate of drug-likeness (QED) is 0.539. The van der Waals surface area contributed by atoms with Crippen molar-refractivity contribution in [2.24, 2.45) is 11.8 Å². The summed E-state index contributed by atoms with van der Waals surface area (Å²) in [7, 11) is 0. The molecule has 24 heavy (non-hydrogen) atoms. The fourth-order valence-electron chi connectivity index (χ4n) is 3.38. The van der Waals surface area contributed by atoms with Gasteiger partial charge in [0, 0.05) is 19.2 Å². The van der Waals surface area contributed by atoms with Crippen LogP contribution in [0, 0.1) is 33.3 Å².